The normalized spacial score (nSPS) is 15.0. The third kappa shape index (κ3) is 5.06. The van der Waals surface area contributed by atoms with E-state index in [0.29, 0.717) is 22.2 Å². The van der Waals surface area contributed by atoms with Crippen molar-refractivity contribution in [2.24, 2.45) is 5.92 Å². The Labute approximate surface area is 192 Å². The molecule has 1 aliphatic rings. The fourth-order valence-electron chi connectivity index (χ4n) is 3.82. The molecule has 33 heavy (non-hydrogen) atoms. The van der Waals surface area contributed by atoms with E-state index in [9.17, 15) is 18.0 Å². The monoisotopic (exact) mass is 479 g/mol. The first-order valence-electron chi connectivity index (χ1n) is 10.3. The smallest absolute Gasteiger partial charge is 0.376 e. The van der Waals surface area contributed by atoms with Crippen molar-refractivity contribution in [1.29, 1.82) is 0 Å². The zero-order valence-electron chi connectivity index (χ0n) is 17.9. The molecule has 0 aliphatic heterocycles. The predicted octanol–water partition coefficient (Wildman–Crippen LogP) is 4.49. The number of pyridine rings is 2. The van der Waals surface area contributed by atoms with Crippen molar-refractivity contribution in [3.8, 4) is 5.82 Å². The lowest BCUT2D eigenvalue weighted by molar-refractivity contribution is -0.138. The molecule has 0 bridgehead atoms. The molecule has 4 rings (SSSR count). The van der Waals surface area contributed by atoms with Gasteiger partial charge in [-0.05, 0) is 42.9 Å². The van der Waals surface area contributed by atoms with Gasteiger partial charge in [0.15, 0.2) is 5.82 Å². The van der Waals surface area contributed by atoms with Crippen LogP contribution in [-0.2, 0) is 28.5 Å². The van der Waals surface area contributed by atoms with E-state index < -0.39 is 17.6 Å². The summed E-state index contributed by atoms with van der Waals surface area (Å²) in [6.07, 6.45) is 2.16. The Bertz CT molecular complexity index is 1160. The summed E-state index contributed by atoms with van der Waals surface area (Å²) in [4.78, 5) is 21.8. The largest absolute Gasteiger partial charge is 0.420 e. The summed E-state index contributed by atoms with van der Waals surface area (Å²) in [5.74, 6) is -0.415. The first-order chi connectivity index (χ1) is 15.7. The molecule has 11 heteroatoms. The van der Waals surface area contributed by atoms with Gasteiger partial charge in [-0.3, -0.25) is 9.78 Å². The van der Waals surface area contributed by atoms with Crippen LogP contribution in [0.15, 0.2) is 30.9 Å². The van der Waals surface area contributed by atoms with Gasteiger partial charge in [0.05, 0.1) is 29.2 Å². The van der Waals surface area contributed by atoms with Gasteiger partial charge in [0.25, 0.3) is 0 Å². The summed E-state index contributed by atoms with van der Waals surface area (Å²) in [7, 11) is 1.60. The van der Waals surface area contributed by atoms with E-state index in [1.807, 2.05) is 0 Å². The number of halogens is 4. The van der Waals surface area contributed by atoms with Crippen molar-refractivity contribution >= 4 is 17.4 Å². The number of rotatable bonds is 8. The highest BCUT2D eigenvalue weighted by atomic mass is 35.5. The summed E-state index contributed by atoms with van der Waals surface area (Å²) in [6.45, 7) is 1.78. The lowest BCUT2D eigenvalue weighted by atomic mass is 9.95. The van der Waals surface area contributed by atoms with Crippen molar-refractivity contribution in [3.05, 3.63) is 63.8 Å². The van der Waals surface area contributed by atoms with Crippen LogP contribution >= 0.6 is 11.6 Å². The minimum atomic E-state index is -4.69. The fourth-order valence-corrected chi connectivity index (χ4v) is 4.10. The van der Waals surface area contributed by atoms with Crippen LogP contribution in [0.3, 0.4) is 0 Å². The zero-order chi connectivity index (χ0) is 23.8. The molecular weight excluding hydrogens is 459 g/mol. The number of ether oxygens (including phenoxy) is 1. The van der Waals surface area contributed by atoms with E-state index in [1.54, 1.807) is 20.2 Å². The van der Waals surface area contributed by atoms with Gasteiger partial charge < -0.3 is 4.74 Å². The van der Waals surface area contributed by atoms with Crippen LogP contribution in [0.2, 0.25) is 5.02 Å². The molecule has 1 fully saturated rings. The van der Waals surface area contributed by atoms with E-state index in [-0.39, 0.29) is 30.3 Å². The van der Waals surface area contributed by atoms with E-state index in [0.717, 1.165) is 29.3 Å². The first kappa shape index (κ1) is 23.3. The van der Waals surface area contributed by atoms with Crippen molar-refractivity contribution < 1.29 is 22.7 Å². The van der Waals surface area contributed by atoms with Gasteiger partial charge in [-0.1, -0.05) is 11.6 Å². The molecule has 0 saturated heterocycles. The van der Waals surface area contributed by atoms with E-state index in [4.69, 9.17) is 16.3 Å². The summed E-state index contributed by atoms with van der Waals surface area (Å²) in [5, 5.41) is 7.90. The van der Waals surface area contributed by atoms with Crippen molar-refractivity contribution in [2.45, 2.75) is 44.9 Å². The van der Waals surface area contributed by atoms with Crippen molar-refractivity contribution in [2.75, 3.05) is 7.11 Å². The zero-order valence-corrected chi connectivity index (χ0v) is 18.7. The van der Waals surface area contributed by atoms with Crippen LogP contribution in [0, 0.1) is 12.8 Å². The Hall–Kier alpha value is -2.85. The number of alkyl halides is 3. The topological polar surface area (TPSA) is 82.8 Å². The van der Waals surface area contributed by atoms with Crippen molar-refractivity contribution in [3.63, 3.8) is 0 Å². The Morgan fingerprint density at radius 2 is 1.91 bits per heavy atom. The molecule has 1 aliphatic carbocycles. The summed E-state index contributed by atoms with van der Waals surface area (Å²) in [6, 6.07) is 0.910. The van der Waals surface area contributed by atoms with Crippen LogP contribution in [-0.4, -0.2) is 37.9 Å². The molecule has 1 atom stereocenters. The maximum atomic E-state index is 13.6. The van der Waals surface area contributed by atoms with Crippen LogP contribution in [0.1, 0.15) is 46.9 Å². The van der Waals surface area contributed by atoms with Gasteiger partial charge in [-0.15, -0.1) is 4.80 Å². The highest BCUT2D eigenvalue weighted by Crippen LogP contribution is 2.46. The number of aromatic nitrogens is 5. The highest BCUT2D eigenvalue weighted by molar-refractivity contribution is 6.32. The van der Waals surface area contributed by atoms with Crippen LogP contribution in [0.25, 0.3) is 5.82 Å². The summed E-state index contributed by atoms with van der Waals surface area (Å²) < 4.78 is 46.5. The van der Waals surface area contributed by atoms with Crippen molar-refractivity contribution in [1.82, 2.24) is 25.0 Å². The van der Waals surface area contributed by atoms with Gasteiger partial charge in [0.1, 0.15) is 11.3 Å². The quantitative estimate of drug-likeness (QED) is 0.473. The molecule has 0 radical (unpaired) electrons. The van der Waals surface area contributed by atoms with E-state index in [1.165, 1.54) is 18.6 Å². The summed E-state index contributed by atoms with van der Waals surface area (Å²) in [5.41, 5.74) is 1.11. The molecule has 0 amide bonds. The van der Waals surface area contributed by atoms with Gasteiger partial charge in [-0.25, -0.2) is 4.98 Å². The molecule has 3 aromatic heterocycles. The number of nitrogens with zero attached hydrogens (tertiary/aromatic N) is 5. The minimum absolute atomic E-state index is 0.0290. The average molecular weight is 480 g/mol. The second-order valence-electron chi connectivity index (χ2n) is 8.01. The molecule has 3 heterocycles. The van der Waals surface area contributed by atoms with Crippen LogP contribution in [0.4, 0.5) is 13.2 Å². The molecule has 1 saturated carbocycles. The fraction of sp³-hybridized carbons (Fsp3) is 0.409. The predicted molar refractivity (Wildman–Crippen MR) is 113 cm³/mol. The highest BCUT2D eigenvalue weighted by Gasteiger charge is 2.37. The number of aryl methyl sites for hydroxylation is 1. The minimum Gasteiger partial charge on any atom is -0.376 e. The van der Waals surface area contributed by atoms with Gasteiger partial charge in [0.2, 0.25) is 0 Å². The number of methoxy groups -OCH3 is 1. The molecule has 0 unspecified atom stereocenters. The number of hydrogen-bond acceptors (Lipinski definition) is 6. The third-order valence-electron chi connectivity index (χ3n) is 5.53. The molecule has 0 spiro atoms. The van der Waals surface area contributed by atoms with Crippen LogP contribution in [0.5, 0.6) is 0 Å². The Kier molecular flexibility index (Phi) is 6.49. The number of carbonyl (C=O) groups excluding carboxylic acids is 1. The maximum absolute atomic E-state index is 13.6. The number of carbonyl (C=O) groups is 1. The summed E-state index contributed by atoms with van der Waals surface area (Å²) >= 11 is 6.52. The molecule has 0 N–H and O–H groups in total. The van der Waals surface area contributed by atoms with E-state index in [2.05, 4.69) is 20.2 Å². The number of Topliss-reactive ketones (excluding diaryl/α,β-unsaturated/α-hetero) is 1. The SMILES string of the molecule is CO[C@@H](c1c(CC(=O)Cc2cnc(-n3nccn3)c(C(F)(F)F)c2)cnc(C)c1Cl)C1CC1. The maximum Gasteiger partial charge on any atom is 0.420 e. The second-order valence-corrected chi connectivity index (χ2v) is 8.39. The molecular formula is C22H21ClF3N5O2. The van der Waals surface area contributed by atoms with Gasteiger partial charge >= 0.3 is 6.18 Å². The second kappa shape index (κ2) is 9.18. The average Bonchev–Trinajstić information content (AvgIpc) is 3.45. The Morgan fingerprint density at radius 3 is 2.52 bits per heavy atom. The number of hydrogen-bond donors (Lipinski definition) is 0. The molecule has 0 aromatic carbocycles. The molecule has 7 nitrogen and oxygen atoms in total. The lowest BCUT2D eigenvalue weighted by Crippen LogP contribution is -2.17. The van der Waals surface area contributed by atoms with E-state index >= 15 is 0 Å². The van der Waals surface area contributed by atoms with Gasteiger partial charge in [0, 0.05) is 37.9 Å². The Morgan fingerprint density at radius 1 is 1.21 bits per heavy atom. The number of ketones is 1. The Balaban J connectivity index is 1.59. The molecule has 174 valence electrons. The third-order valence-corrected chi connectivity index (χ3v) is 6.01. The van der Waals surface area contributed by atoms with Crippen LogP contribution < -0.4 is 0 Å². The standard InChI is InChI=1S/C22H21ClF3N5O2/c1-12-19(23)18(20(33-2)14-3-4-14)15(11-27-12)9-16(32)7-13-8-17(22(24,25)26)21(28-10-13)31-29-5-6-30-31/h5-6,8,10-11,14,20H,3-4,7,9H2,1-2H3/t20-/m1/s1. The lowest BCUT2D eigenvalue weighted by Gasteiger charge is -2.21. The first-order valence-corrected chi connectivity index (χ1v) is 10.7. The molecule has 3 aromatic rings. The van der Waals surface area contributed by atoms with Gasteiger partial charge in [-0.2, -0.15) is 23.4 Å².